The van der Waals surface area contributed by atoms with Gasteiger partial charge < -0.3 is 5.32 Å². The lowest BCUT2D eigenvalue weighted by Gasteiger charge is -2.40. The van der Waals surface area contributed by atoms with Gasteiger partial charge in [-0.15, -0.1) is 0 Å². The molecule has 1 aliphatic rings. The minimum absolute atomic E-state index is 0.00208. The van der Waals surface area contributed by atoms with Crippen molar-refractivity contribution in [1.29, 1.82) is 0 Å². The zero-order chi connectivity index (χ0) is 14.5. The summed E-state index contributed by atoms with van der Waals surface area (Å²) < 4.78 is 27.0. The van der Waals surface area contributed by atoms with Crippen LogP contribution in [0.4, 0.5) is 8.78 Å². The van der Waals surface area contributed by atoms with Gasteiger partial charge >= 0.3 is 0 Å². The molecular formula is C16H24F2N2. The molecule has 0 spiro atoms. The zero-order valence-electron chi connectivity index (χ0n) is 12.3. The maximum Gasteiger partial charge on any atom is 0.130 e. The lowest BCUT2D eigenvalue weighted by Crippen LogP contribution is -2.42. The Balaban J connectivity index is 2.13. The summed E-state index contributed by atoms with van der Waals surface area (Å²) in [4.78, 5) is 2.37. The molecule has 0 amide bonds. The summed E-state index contributed by atoms with van der Waals surface area (Å²) in [5.41, 5.74) is 0.600. The van der Waals surface area contributed by atoms with E-state index in [1.54, 1.807) is 6.07 Å². The molecule has 0 aromatic heterocycles. The molecule has 112 valence electrons. The molecule has 4 heteroatoms. The molecule has 1 aromatic carbocycles. The number of halogens is 2. The minimum Gasteiger partial charge on any atom is -0.320 e. The minimum atomic E-state index is -0.510. The molecule has 0 saturated carbocycles. The molecular weight excluding hydrogens is 258 g/mol. The van der Waals surface area contributed by atoms with E-state index in [4.69, 9.17) is 0 Å². The maximum absolute atomic E-state index is 14.0. The first kappa shape index (κ1) is 15.4. The molecule has 0 bridgehead atoms. The van der Waals surface area contributed by atoms with E-state index in [0.717, 1.165) is 38.4 Å². The Kier molecular flexibility index (Phi) is 5.49. The van der Waals surface area contributed by atoms with Crippen LogP contribution in [-0.4, -0.2) is 31.1 Å². The van der Waals surface area contributed by atoms with Crippen molar-refractivity contribution in [2.45, 2.75) is 44.7 Å². The van der Waals surface area contributed by atoms with Crippen molar-refractivity contribution in [3.63, 3.8) is 0 Å². The zero-order valence-corrected chi connectivity index (χ0v) is 12.3. The molecule has 0 radical (unpaired) electrons. The fourth-order valence-electron chi connectivity index (χ4n) is 3.17. The van der Waals surface area contributed by atoms with E-state index in [1.165, 1.54) is 12.5 Å². The monoisotopic (exact) mass is 282 g/mol. The molecule has 2 rings (SSSR count). The lowest BCUT2D eigenvalue weighted by atomic mass is 9.95. The van der Waals surface area contributed by atoms with Gasteiger partial charge in [0.05, 0.1) is 0 Å². The number of hydrogen-bond acceptors (Lipinski definition) is 2. The Morgan fingerprint density at radius 2 is 2.15 bits per heavy atom. The van der Waals surface area contributed by atoms with Crippen LogP contribution in [0.15, 0.2) is 18.2 Å². The Morgan fingerprint density at radius 1 is 1.35 bits per heavy atom. The van der Waals surface area contributed by atoms with Crippen molar-refractivity contribution in [3.05, 3.63) is 35.4 Å². The van der Waals surface area contributed by atoms with Crippen LogP contribution >= 0.6 is 0 Å². The Labute approximate surface area is 120 Å². The molecule has 2 nitrogen and oxygen atoms in total. The van der Waals surface area contributed by atoms with Gasteiger partial charge in [-0.2, -0.15) is 0 Å². The predicted molar refractivity (Wildman–Crippen MR) is 77.7 cm³/mol. The molecule has 0 aliphatic carbocycles. The number of likely N-dealkylation sites (tertiary alicyclic amines) is 1. The van der Waals surface area contributed by atoms with E-state index in [-0.39, 0.29) is 6.04 Å². The second-order valence-electron chi connectivity index (χ2n) is 5.62. The van der Waals surface area contributed by atoms with Gasteiger partial charge in [0, 0.05) is 23.7 Å². The van der Waals surface area contributed by atoms with Gasteiger partial charge in [0.15, 0.2) is 0 Å². The van der Waals surface area contributed by atoms with E-state index >= 15 is 0 Å². The average molecular weight is 282 g/mol. The maximum atomic E-state index is 14.0. The molecule has 1 aromatic rings. The van der Waals surface area contributed by atoms with Gasteiger partial charge in [-0.1, -0.05) is 12.5 Å². The van der Waals surface area contributed by atoms with Crippen LogP contribution in [0, 0.1) is 11.6 Å². The van der Waals surface area contributed by atoms with Crippen LogP contribution < -0.4 is 5.32 Å². The normalized spacial score (nSPS) is 21.9. The molecule has 1 heterocycles. The van der Waals surface area contributed by atoms with Gasteiger partial charge in [-0.25, -0.2) is 8.78 Å². The van der Waals surface area contributed by atoms with Gasteiger partial charge in [0.25, 0.3) is 0 Å². The van der Waals surface area contributed by atoms with E-state index in [2.05, 4.69) is 10.2 Å². The van der Waals surface area contributed by atoms with Crippen molar-refractivity contribution in [2.75, 3.05) is 20.1 Å². The van der Waals surface area contributed by atoms with E-state index < -0.39 is 11.6 Å². The van der Waals surface area contributed by atoms with Crippen LogP contribution in [0.25, 0.3) is 0 Å². The number of benzene rings is 1. The van der Waals surface area contributed by atoms with Gasteiger partial charge in [0.2, 0.25) is 0 Å². The van der Waals surface area contributed by atoms with Gasteiger partial charge in [0.1, 0.15) is 11.6 Å². The summed E-state index contributed by atoms with van der Waals surface area (Å²) in [5, 5.41) is 3.18. The second-order valence-corrected chi connectivity index (χ2v) is 5.62. The number of rotatable bonds is 5. The van der Waals surface area contributed by atoms with E-state index in [9.17, 15) is 8.78 Å². The summed E-state index contributed by atoms with van der Waals surface area (Å²) >= 11 is 0. The van der Waals surface area contributed by atoms with Crippen LogP contribution in [0.1, 0.15) is 44.2 Å². The molecule has 2 atom stereocenters. The second kappa shape index (κ2) is 7.14. The van der Waals surface area contributed by atoms with Crippen LogP contribution in [-0.2, 0) is 0 Å². The quantitative estimate of drug-likeness (QED) is 0.889. The highest BCUT2D eigenvalue weighted by atomic mass is 19.1. The van der Waals surface area contributed by atoms with Gasteiger partial charge in [-0.05, 0) is 52.4 Å². The summed E-state index contributed by atoms with van der Waals surface area (Å²) in [6.07, 6.45) is 4.63. The molecule has 1 N–H and O–H groups in total. The highest BCUT2D eigenvalue weighted by Crippen LogP contribution is 2.31. The average Bonchev–Trinajstić information content (AvgIpc) is 2.45. The van der Waals surface area contributed by atoms with Crippen molar-refractivity contribution >= 4 is 0 Å². The summed E-state index contributed by atoms with van der Waals surface area (Å²) in [5.74, 6) is -0.945. The van der Waals surface area contributed by atoms with Crippen LogP contribution in [0.3, 0.4) is 0 Å². The number of piperidine rings is 1. The molecule has 1 saturated heterocycles. The third kappa shape index (κ3) is 3.55. The first-order valence-corrected chi connectivity index (χ1v) is 7.48. The van der Waals surface area contributed by atoms with Crippen LogP contribution in [0.5, 0.6) is 0 Å². The largest absolute Gasteiger partial charge is 0.320 e. The van der Waals surface area contributed by atoms with E-state index in [0.29, 0.717) is 11.6 Å². The van der Waals surface area contributed by atoms with Crippen LogP contribution in [0.2, 0.25) is 0 Å². The van der Waals surface area contributed by atoms with Crippen molar-refractivity contribution in [3.8, 4) is 0 Å². The predicted octanol–water partition coefficient (Wildman–Crippen LogP) is 3.49. The third-order valence-electron chi connectivity index (χ3n) is 4.31. The highest BCUT2D eigenvalue weighted by Gasteiger charge is 2.28. The standard InChI is InChI=1S/C16H24F2N2/c1-12(15-7-6-13(17)11-16(15)18)20-10-4-3-5-14(20)8-9-19-2/h6-7,11-12,14,19H,3-5,8-10H2,1-2H3. The number of nitrogens with zero attached hydrogens (tertiary/aromatic N) is 1. The van der Waals surface area contributed by atoms with Crippen molar-refractivity contribution in [1.82, 2.24) is 10.2 Å². The Hall–Kier alpha value is -1.00. The van der Waals surface area contributed by atoms with Crippen molar-refractivity contribution in [2.24, 2.45) is 0 Å². The molecule has 2 unspecified atom stereocenters. The highest BCUT2D eigenvalue weighted by molar-refractivity contribution is 5.22. The van der Waals surface area contributed by atoms with Gasteiger partial charge in [-0.3, -0.25) is 4.90 Å². The fourth-order valence-corrected chi connectivity index (χ4v) is 3.17. The third-order valence-corrected chi connectivity index (χ3v) is 4.31. The lowest BCUT2D eigenvalue weighted by molar-refractivity contribution is 0.0953. The summed E-state index contributed by atoms with van der Waals surface area (Å²) in [7, 11) is 1.95. The SMILES string of the molecule is CNCCC1CCCCN1C(C)c1ccc(F)cc1F. The smallest absolute Gasteiger partial charge is 0.130 e. The number of hydrogen-bond donors (Lipinski definition) is 1. The molecule has 1 aliphatic heterocycles. The summed E-state index contributed by atoms with van der Waals surface area (Å²) in [6, 6.07) is 4.40. The topological polar surface area (TPSA) is 15.3 Å². The first-order chi connectivity index (χ1) is 9.63. The first-order valence-electron chi connectivity index (χ1n) is 7.48. The van der Waals surface area contributed by atoms with Crippen molar-refractivity contribution < 1.29 is 8.78 Å². The number of nitrogens with one attached hydrogen (secondary N) is 1. The summed E-state index contributed by atoms with van der Waals surface area (Å²) in [6.45, 7) is 3.99. The molecule has 1 fully saturated rings. The van der Waals surface area contributed by atoms with E-state index in [1.807, 2.05) is 14.0 Å². The Morgan fingerprint density at radius 3 is 2.85 bits per heavy atom. The molecule has 20 heavy (non-hydrogen) atoms. The Bertz CT molecular complexity index is 436. The fraction of sp³-hybridized carbons (Fsp3) is 0.625.